The molecule has 1 aromatic carbocycles. The van der Waals surface area contributed by atoms with Gasteiger partial charge in [-0.05, 0) is 38.1 Å². The van der Waals surface area contributed by atoms with Crippen LogP contribution in [0.15, 0.2) is 29.2 Å². The minimum atomic E-state index is -4.84. The van der Waals surface area contributed by atoms with Crippen molar-refractivity contribution < 1.29 is 22.2 Å². The number of benzene rings is 1. The van der Waals surface area contributed by atoms with Crippen LogP contribution in [0.3, 0.4) is 0 Å². The molecule has 8 heteroatoms. The van der Waals surface area contributed by atoms with E-state index in [1.54, 1.807) is 0 Å². The Hall–Kier alpha value is -1.88. The smallest absolute Gasteiger partial charge is 0.334 e. The van der Waals surface area contributed by atoms with Crippen molar-refractivity contribution in [2.45, 2.75) is 29.8 Å². The fourth-order valence-corrected chi connectivity index (χ4v) is 1.90. The van der Waals surface area contributed by atoms with Gasteiger partial charge in [0.15, 0.2) is 10.8 Å². The van der Waals surface area contributed by atoms with Gasteiger partial charge >= 0.3 is 5.51 Å². The van der Waals surface area contributed by atoms with Gasteiger partial charge in [-0.15, -0.1) is 0 Å². The molecule has 0 aromatic heterocycles. The zero-order chi connectivity index (χ0) is 15.6. The van der Waals surface area contributed by atoms with Gasteiger partial charge in [0, 0.05) is 10.5 Å². The highest BCUT2D eigenvalue weighted by atomic mass is 32.2. The molecule has 1 rings (SSSR count). The van der Waals surface area contributed by atoms with Crippen molar-refractivity contribution in [2.24, 2.45) is 0 Å². The number of rotatable bonds is 3. The number of amides is 1. The second-order valence-corrected chi connectivity index (χ2v) is 5.90. The molecule has 0 fully saturated rings. The van der Waals surface area contributed by atoms with Gasteiger partial charge in [0.05, 0.1) is 6.07 Å². The van der Waals surface area contributed by atoms with Gasteiger partial charge in [0.2, 0.25) is 0 Å². The van der Waals surface area contributed by atoms with E-state index in [1.165, 1.54) is 13.8 Å². The van der Waals surface area contributed by atoms with Crippen LogP contribution >= 0.6 is 0 Å². The first-order chi connectivity index (χ1) is 9.07. The van der Waals surface area contributed by atoms with E-state index in [9.17, 15) is 22.2 Å². The van der Waals surface area contributed by atoms with E-state index >= 15 is 0 Å². The minimum absolute atomic E-state index is 0.0799. The highest BCUT2D eigenvalue weighted by molar-refractivity contribution is 7.86. The lowest BCUT2D eigenvalue weighted by Gasteiger charge is -2.17. The first-order valence-electron chi connectivity index (χ1n) is 5.39. The summed E-state index contributed by atoms with van der Waals surface area (Å²) in [5.74, 6) is -0.596. The molecule has 0 aliphatic carbocycles. The summed E-state index contributed by atoms with van der Waals surface area (Å²) in [5, 5.41) is 11.2. The molecule has 20 heavy (non-hydrogen) atoms. The molecule has 0 heterocycles. The summed E-state index contributed by atoms with van der Waals surface area (Å²) in [6.45, 7) is 2.97. The lowest BCUT2D eigenvalue weighted by atomic mass is 10.1. The Kier molecular flexibility index (Phi) is 4.55. The van der Waals surface area contributed by atoms with Gasteiger partial charge in [0.25, 0.3) is 5.91 Å². The molecule has 1 amide bonds. The van der Waals surface area contributed by atoms with E-state index < -0.39 is 32.6 Å². The SMILES string of the molecule is CC(C)(C#N)NC(=O)c1ccc(S(=O)C(F)(F)F)cc1. The molecule has 0 spiro atoms. The molecule has 0 saturated heterocycles. The summed E-state index contributed by atoms with van der Waals surface area (Å²) in [4.78, 5) is 11.3. The third kappa shape index (κ3) is 4.06. The van der Waals surface area contributed by atoms with Crippen LogP contribution in [0.5, 0.6) is 0 Å². The maximum atomic E-state index is 12.2. The number of hydrogen-bond acceptors (Lipinski definition) is 3. The van der Waals surface area contributed by atoms with Crippen molar-refractivity contribution in [2.75, 3.05) is 0 Å². The van der Waals surface area contributed by atoms with E-state index in [2.05, 4.69) is 5.32 Å². The van der Waals surface area contributed by atoms with E-state index in [1.807, 2.05) is 6.07 Å². The average molecular weight is 304 g/mol. The van der Waals surface area contributed by atoms with Crippen LogP contribution < -0.4 is 5.32 Å². The average Bonchev–Trinajstić information content (AvgIpc) is 2.36. The first-order valence-corrected chi connectivity index (χ1v) is 6.54. The van der Waals surface area contributed by atoms with Crippen LogP contribution in [0.25, 0.3) is 0 Å². The van der Waals surface area contributed by atoms with E-state index in [-0.39, 0.29) is 5.56 Å². The molecular weight excluding hydrogens is 293 g/mol. The number of carbonyl (C=O) groups excluding carboxylic acids is 1. The van der Waals surface area contributed by atoms with Crippen LogP contribution in [-0.2, 0) is 10.8 Å². The fourth-order valence-electron chi connectivity index (χ4n) is 1.25. The number of carbonyl (C=O) groups is 1. The summed E-state index contributed by atoms with van der Waals surface area (Å²) in [7, 11) is -3.13. The summed E-state index contributed by atoms with van der Waals surface area (Å²) in [6.07, 6.45) is 0. The van der Waals surface area contributed by atoms with Crippen LogP contribution in [-0.4, -0.2) is 21.2 Å². The van der Waals surface area contributed by atoms with Gasteiger partial charge in [-0.1, -0.05) is 0 Å². The Labute approximate surface area is 116 Å². The van der Waals surface area contributed by atoms with Gasteiger partial charge in [0.1, 0.15) is 5.54 Å². The van der Waals surface area contributed by atoms with Gasteiger partial charge in [-0.25, -0.2) is 4.21 Å². The maximum absolute atomic E-state index is 12.2. The molecule has 1 aromatic rings. The molecule has 4 nitrogen and oxygen atoms in total. The lowest BCUT2D eigenvalue weighted by Crippen LogP contribution is -2.42. The molecule has 1 unspecified atom stereocenters. The molecule has 1 atom stereocenters. The van der Waals surface area contributed by atoms with Gasteiger partial charge in [-0.2, -0.15) is 18.4 Å². The molecule has 0 bridgehead atoms. The predicted octanol–water partition coefficient (Wildman–Crippen LogP) is 2.35. The number of halogens is 3. The van der Waals surface area contributed by atoms with Crippen molar-refractivity contribution in [3.05, 3.63) is 29.8 Å². The van der Waals surface area contributed by atoms with Crippen molar-refractivity contribution in [3.8, 4) is 6.07 Å². The molecule has 108 valence electrons. The van der Waals surface area contributed by atoms with Crippen molar-refractivity contribution in [1.29, 1.82) is 5.26 Å². The zero-order valence-electron chi connectivity index (χ0n) is 10.6. The Balaban J connectivity index is 2.91. The third-order valence-electron chi connectivity index (χ3n) is 2.25. The van der Waals surface area contributed by atoms with Crippen molar-refractivity contribution in [1.82, 2.24) is 5.32 Å². The second kappa shape index (κ2) is 5.63. The largest absolute Gasteiger partial charge is 0.475 e. The van der Waals surface area contributed by atoms with Gasteiger partial charge in [-0.3, -0.25) is 4.79 Å². The normalized spacial score (nSPS) is 13.4. The number of nitriles is 1. The molecule has 0 radical (unpaired) electrons. The number of alkyl halides is 3. The number of nitrogens with zero attached hydrogens (tertiary/aromatic N) is 1. The Morgan fingerprint density at radius 2 is 1.75 bits per heavy atom. The summed E-state index contributed by atoms with van der Waals surface area (Å²) in [6, 6.07) is 6.06. The van der Waals surface area contributed by atoms with Crippen LogP contribution in [0.1, 0.15) is 24.2 Å². The number of nitrogens with one attached hydrogen (secondary N) is 1. The van der Waals surface area contributed by atoms with Crippen LogP contribution in [0.4, 0.5) is 13.2 Å². The standard InChI is InChI=1S/C12H11F3N2O2S/c1-11(2,7-16)17-10(18)8-3-5-9(6-4-8)20(19)12(13,14)15/h3-6H,1-2H3,(H,17,18). The zero-order valence-corrected chi connectivity index (χ0v) is 11.4. The van der Waals surface area contributed by atoms with Crippen molar-refractivity contribution >= 4 is 16.7 Å². The quantitative estimate of drug-likeness (QED) is 0.932. The highest BCUT2D eigenvalue weighted by Gasteiger charge is 2.37. The molecule has 1 N–H and O–H groups in total. The topological polar surface area (TPSA) is 70.0 Å². The van der Waals surface area contributed by atoms with Crippen LogP contribution in [0.2, 0.25) is 0 Å². The van der Waals surface area contributed by atoms with E-state index in [4.69, 9.17) is 5.26 Å². The predicted molar refractivity (Wildman–Crippen MR) is 66.1 cm³/mol. The summed E-state index contributed by atoms with van der Waals surface area (Å²) >= 11 is 0. The third-order valence-corrected chi connectivity index (χ3v) is 3.37. The maximum Gasteiger partial charge on any atom is 0.475 e. The molecular formula is C12H11F3N2O2S. The first kappa shape index (κ1) is 16.2. The summed E-state index contributed by atoms with van der Waals surface area (Å²) < 4.78 is 47.8. The molecule has 0 aliphatic heterocycles. The van der Waals surface area contributed by atoms with Gasteiger partial charge < -0.3 is 5.32 Å². The van der Waals surface area contributed by atoms with Crippen LogP contribution in [0, 0.1) is 11.3 Å². The molecule has 0 aliphatic rings. The minimum Gasteiger partial charge on any atom is -0.334 e. The van der Waals surface area contributed by atoms with Crippen molar-refractivity contribution in [3.63, 3.8) is 0 Å². The highest BCUT2D eigenvalue weighted by Crippen LogP contribution is 2.26. The summed E-state index contributed by atoms with van der Waals surface area (Å²) in [5.41, 5.74) is -5.85. The second-order valence-electron chi connectivity index (χ2n) is 4.43. The monoisotopic (exact) mass is 304 g/mol. The van der Waals surface area contributed by atoms with E-state index in [0.29, 0.717) is 0 Å². The lowest BCUT2D eigenvalue weighted by molar-refractivity contribution is -0.0384. The Morgan fingerprint density at radius 1 is 1.25 bits per heavy atom. The Bertz CT molecular complexity index is 574. The number of hydrogen-bond donors (Lipinski definition) is 1. The Morgan fingerprint density at radius 3 is 2.15 bits per heavy atom. The molecule has 0 saturated carbocycles. The fraction of sp³-hybridized carbons (Fsp3) is 0.333. The van der Waals surface area contributed by atoms with E-state index in [0.717, 1.165) is 24.3 Å².